The Morgan fingerprint density at radius 3 is 1.39 bits per heavy atom. The van der Waals surface area contributed by atoms with E-state index in [0.717, 1.165) is 96.3 Å². The normalized spacial score (nSPS) is 18.9. The number of unbranched alkanes of at least 4 members (excludes halogenated alkanes) is 23. The topological polar surface area (TPSA) is 175 Å². The van der Waals surface area contributed by atoms with Crippen molar-refractivity contribution in [1.82, 2.24) is 0 Å². The van der Waals surface area contributed by atoms with Gasteiger partial charge in [0.2, 0.25) is 0 Å². The fourth-order valence-corrected chi connectivity index (χ4v) is 8.24. The van der Waals surface area contributed by atoms with Gasteiger partial charge in [-0.3, -0.25) is 14.4 Å². The molecule has 1 saturated heterocycles. The average molecular weight is 1000 g/mol. The van der Waals surface area contributed by atoms with Crippen molar-refractivity contribution in [1.29, 1.82) is 0 Å². The summed E-state index contributed by atoms with van der Waals surface area (Å²) in [6.07, 6.45) is 44.9. The summed E-state index contributed by atoms with van der Waals surface area (Å²) in [6, 6.07) is 0. The van der Waals surface area contributed by atoms with Crippen LogP contribution in [0.4, 0.5) is 0 Å². The van der Waals surface area contributed by atoms with Crippen LogP contribution < -0.4 is 0 Å². The number of carbonyl (C=O) groups is 4. The lowest BCUT2D eigenvalue weighted by Crippen LogP contribution is -2.61. The van der Waals surface area contributed by atoms with E-state index < -0.39 is 67.3 Å². The van der Waals surface area contributed by atoms with E-state index in [4.69, 9.17) is 23.7 Å². The number of carboxylic acids is 1. The van der Waals surface area contributed by atoms with Crippen molar-refractivity contribution in [2.45, 2.75) is 276 Å². The molecular formula is C59H100O12. The van der Waals surface area contributed by atoms with E-state index in [0.29, 0.717) is 19.3 Å². The molecular weight excluding hydrogens is 901 g/mol. The van der Waals surface area contributed by atoms with Gasteiger partial charge < -0.3 is 39.0 Å². The number of allylic oxidation sites excluding steroid dienone is 10. The summed E-state index contributed by atoms with van der Waals surface area (Å²) in [5.41, 5.74) is 0. The summed E-state index contributed by atoms with van der Waals surface area (Å²) in [6.45, 7) is 5.81. The molecule has 408 valence electrons. The molecule has 1 rings (SSSR count). The molecule has 6 atom stereocenters. The van der Waals surface area contributed by atoms with Gasteiger partial charge in [-0.1, -0.05) is 197 Å². The minimum absolute atomic E-state index is 0.0247. The lowest BCUT2D eigenvalue weighted by Gasteiger charge is -2.40. The summed E-state index contributed by atoms with van der Waals surface area (Å²) in [5.74, 6) is -3.16. The Bertz CT molecular complexity index is 1470. The molecule has 1 aliphatic heterocycles. The predicted octanol–water partition coefficient (Wildman–Crippen LogP) is 14.0. The Labute approximate surface area is 430 Å². The van der Waals surface area contributed by atoms with Crippen molar-refractivity contribution in [2.24, 2.45) is 0 Å². The fraction of sp³-hybridized carbons (Fsp3) is 0.763. The first-order chi connectivity index (χ1) is 34.6. The maximum atomic E-state index is 13.1. The highest BCUT2D eigenvalue weighted by molar-refractivity contribution is 5.74. The third kappa shape index (κ3) is 37.8. The number of ether oxygens (including phenoxy) is 5. The molecule has 0 spiro atoms. The molecule has 0 aromatic heterocycles. The van der Waals surface area contributed by atoms with Crippen molar-refractivity contribution in [2.75, 3.05) is 13.2 Å². The Hall–Kier alpha value is -3.58. The third-order valence-corrected chi connectivity index (χ3v) is 12.6. The monoisotopic (exact) mass is 1000 g/mol. The minimum atomic E-state index is -1.91. The number of carbonyl (C=O) groups excluding carboxylic acids is 3. The van der Waals surface area contributed by atoms with Gasteiger partial charge in [0, 0.05) is 19.3 Å². The molecule has 0 aliphatic carbocycles. The Balaban J connectivity index is 2.70. The number of carboxylic acid groups (broad SMARTS) is 1. The minimum Gasteiger partial charge on any atom is -0.479 e. The molecule has 1 heterocycles. The van der Waals surface area contributed by atoms with Crippen LogP contribution in [-0.2, 0) is 42.9 Å². The highest BCUT2D eigenvalue weighted by Crippen LogP contribution is 2.26. The van der Waals surface area contributed by atoms with Crippen molar-refractivity contribution in [3.8, 4) is 0 Å². The van der Waals surface area contributed by atoms with Gasteiger partial charge in [-0.25, -0.2) is 4.79 Å². The van der Waals surface area contributed by atoms with Crippen LogP contribution in [0.3, 0.4) is 0 Å². The van der Waals surface area contributed by atoms with Crippen LogP contribution in [0.15, 0.2) is 60.8 Å². The molecule has 1 fully saturated rings. The number of aliphatic hydroxyl groups is 2. The number of hydrogen-bond donors (Lipinski definition) is 3. The number of aliphatic hydroxyl groups excluding tert-OH is 2. The summed E-state index contributed by atoms with van der Waals surface area (Å²) >= 11 is 0. The maximum Gasteiger partial charge on any atom is 0.335 e. The zero-order valence-corrected chi connectivity index (χ0v) is 44.7. The molecule has 12 heteroatoms. The second kappa shape index (κ2) is 47.4. The first-order valence-electron chi connectivity index (χ1n) is 28.3. The lowest BCUT2D eigenvalue weighted by molar-refractivity contribution is -0.301. The Morgan fingerprint density at radius 2 is 0.887 bits per heavy atom. The average Bonchev–Trinajstić information content (AvgIpc) is 3.35. The van der Waals surface area contributed by atoms with E-state index in [1.807, 2.05) is 0 Å². The number of esters is 3. The van der Waals surface area contributed by atoms with Gasteiger partial charge in [0.05, 0.1) is 6.61 Å². The first kappa shape index (κ1) is 65.4. The summed E-state index contributed by atoms with van der Waals surface area (Å²) < 4.78 is 28.3. The molecule has 71 heavy (non-hydrogen) atoms. The van der Waals surface area contributed by atoms with Crippen LogP contribution in [-0.4, -0.2) is 89.2 Å². The molecule has 0 amide bonds. The summed E-state index contributed by atoms with van der Waals surface area (Å²) in [5, 5.41) is 31.4. The fourth-order valence-electron chi connectivity index (χ4n) is 8.24. The largest absolute Gasteiger partial charge is 0.479 e. The van der Waals surface area contributed by atoms with E-state index in [9.17, 15) is 34.5 Å². The van der Waals surface area contributed by atoms with E-state index in [1.54, 1.807) is 0 Å². The molecule has 1 aliphatic rings. The zero-order valence-electron chi connectivity index (χ0n) is 44.7. The summed E-state index contributed by atoms with van der Waals surface area (Å²) in [7, 11) is 0. The van der Waals surface area contributed by atoms with Gasteiger partial charge in [-0.05, 0) is 83.5 Å². The third-order valence-electron chi connectivity index (χ3n) is 12.6. The van der Waals surface area contributed by atoms with Crippen LogP contribution in [0, 0.1) is 0 Å². The Morgan fingerprint density at radius 1 is 0.479 bits per heavy atom. The first-order valence-corrected chi connectivity index (χ1v) is 28.3. The zero-order chi connectivity index (χ0) is 51.8. The van der Waals surface area contributed by atoms with Gasteiger partial charge in [0.15, 0.2) is 24.6 Å². The van der Waals surface area contributed by atoms with Crippen LogP contribution >= 0.6 is 0 Å². The van der Waals surface area contributed by atoms with Crippen LogP contribution in [0.5, 0.6) is 0 Å². The van der Waals surface area contributed by atoms with E-state index in [-0.39, 0.29) is 25.9 Å². The molecule has 0 saturated carbocycles. The lowest BCUT2D eigenvalue weighted by atomic mass is 9.98. The van der Waals surface area contributed by atoms with Crippen LogP contribution in [0.25, 0.3) is 0 Å². The van der Waals surface area contributed by atoms with Crippen molar-refractivity contribution in [3.63, 3.8) is 0 Å². The molecule has 3 N–H and O–H groups in total. The molecule has 0 radical (unpaired) electrons. The SMILES string of the molecule is CC/C=C\C/C=C\C/C=C\CCCCCC(=O)OC1C(OCC(COC(=O)CCCCCCCCC/C=C\C/C=C\CCCCC)OC(=O)CCCCCCCCCCCCC)OC(C(=O)O)C(O)C1O. The molecule has 12 nitrogen and oxygen atoms in total. The van der Waals surface area contributed by atoms with Gasteiger partial charge in [0.25, 0.3) is 0 Å². The van der Waals surface area contributed by atoms with Crippen molar-refractivity contribution in [3.05, 3.63) is 60.8 Å². The van der Waals surface area contributed by atoms with E-state index in [1.165, 1.54) is 83.5 Å². The van der Waals surface area contributed by atoms with Gasteiger partial charge in [-0.15, -0.1) is 0 Å². The quantitative estimate of drug-likeness (QED) is 0.0228. The van der Waals surface area contributed by atoms with Gasteiger partial charge in [0.1, 0.15) is 18.8 Å². The maximum absolute atomic E-state index is 13.1. The number of hydrogen-bond acceptors (Lipinski definition) is 11. The smallest absolute Gasteiger partial charge is 0.335 e. The molecule has 0 aromatic carbocycles. The van der Waals surface area contributed by atoms with Crippen molar-refractivity contribution < 1.29 is 58.2 Å². The van der Waals surface area contributed by atoms with Crippen LogP contribution in [0.2, 0.25) is 0 Å². The van der Waals surface area contributed by atoms with E-state index >= 15 is 0 Å². The molecule has 0 bridgehead atoms. The van der Waals surface area contributed by atoms with Crippen LogP contribution in [0.1, 0.15) is 239 Å². The second-order valence-corrected chi connectivity index (χ2v) is 19.2. The Kier molecular flexibility index (Phi) is 43.7. The highest BCUT2D eigenvalue weighted by Gasteiger charge is 2.50. The molecule has 0 aromatic rings. The van der Waals surface area contributed by atoms with E-state index in [2.05, 4.69) is 81.5 Å². The number of aliphatic carboxylic acids is 1. The summed E-state index contributed by atoms with van der Waals surface area (Å²) in [4.78, 5) is 50.9. The van der Waals surface area contributed by atoms with Crippen molar-refractivity contribution >= 4 is 23.9 Å². The van der Waals surface area contributed by atoms with Gasteiger partial charge >= 0.3 is 23.9 Å². The predicted molar refractivity (Wildman–Crippen MR) is 285 cm³/mol. The number of rotatable bonds is 47. The molecule has 6 unspecified atom stereocenters. The van der Waals surface area contributed by atoms with Gasteiger partial charge in [-0.2, -0.15) is 0 Å². The standard InChI is InChI=1S/C59H100O12/c1-4-7-10-13-16-19-22-24-25-26-27-29-31-33-36-39-42-45-51(60)67-48-50(69-52(61)46-43-40-37-34-30-21-18-15-12-9-6-3)49-68-59-57(55(64)54(63)56(71-59)58(65)66)70-53(62)47-44-41-38-35-32-28-23-20-17-14-11-8-5-2/h8,11,16-17,19-20,24-25,28,32,50,54-57,59,63-64H,4-7,9-10,12-15,18,21-23,26-27,29-31,33-49H2,1-3H3,(H,65,66)/b11-8-,19-16-,20-17-,25-24-,32-28-. The highest BCUT2D eigenvalue weighted by atomic mass is 16.7. The second-order valence-electron chi connectivity index (χ2n) is 19.2.